The summed E-state index contributed by atoms with van der Waals surface area (Å²) in [5.41, 5.74) is 0.989. The van der Waals surface area contributed by atoms with E-state index in [0.29, 0.717) is 46.7 Å². The van der Waals surface area contributed by atoms with Crippen molar-refractivity contribution in [3.05, 3.63) is 65.1 Å². The molecular weight excluding hydrogens is 464 g/mol. The van der Waals surface area contributed by atoms with Gasteiger partial charge in [0.25, 0.3) is 5.91 Å². The van der Waals surface area contributed by atoms with E-state index in [1.54, 1.807) is 42.5 Å². The second-order valence-corrected chi connectivity index (χ2v) is 8.91. The molecule has 0 saturated carbocycles. The van der Waals surface area contributed by atoms with Crippen molar-refractivity contribution in [1.82, 2.24) is 4.90 Å². The normalized spacial score (nSPS) is 15.8. The number of Topliss-reactive ketones (excluding diaryl/α,β-unsaturated/α-hetero) is 1. The smallest absolute Gasteiger partial charge is 0.290 e. The molecule has 0 saturated heterocycles. The van der Waals surface area contributed by atoms with Crippen LogP contribution in [0.3, 0.4) is 0 Å². The monoisotopic (exact) mass is 495 g/mol. The maximum absolute atomic E-state index is 13.8. The Morgan fingerprint density at radius 3 is 2.42 bits per heavy atom. The first kappa shape index (κ1) is 25.1. The summed E-state index contributed by atoms with van der Waals surface area (Å²) in [7, 11) is 8.61. The van der Waals surface area contributed by atoms with Crippen LogP contribution < -0.4 is 19.1 Å². The van der Waals surface area contributed by atoms with Crippen molar-refractivity contribution in [3.8, 4) is 17.2 Å². The third kappa shape index (κ3) is 4.49. The Kier molecular flexibility index (Phi) is 7.21. The molecule has 0 radical (unpaired) electrons. The highest BCUT2D eigenvalue weighted by Gasteiger charge is 2.44. The molecule has 4 rings (SSSR count). The van der Waals surface area contributed by atoms with E-state index in [1.807, 2.05) is 14.1 Å². The highest BCUT2D eigenvalue weighted by atomic mass is 16.5. The number of methoxy groups -OCH3 is 3. The van der Waals surface area contributed by atoms with Gasteiger partial charge in [-0.25, -0.2) is 0 Å². The zero-order valence-corrected chi connectivity index (χ0v) is 21.1. The number of carbonyl (C=O) groups is 2. The summed E-state index contributed by atoms with van der Waals surface area (Å²) in [6.45, 7) is 1.17. The standard InChI is InChI=1S/C27H30N2O7/c1-28(2)12-7-13-29-23(16-10-11-18(33-3)20(14-16)35-5)22(25(31)27(29)32)24(30)21-15-17-8-6-9-19(34-4)26(17)36-21/h6,8-11,14-15,23,31H,7,12-13H2,1-5H3/p+1/t23-/m0/s1. The van der Waals surface area contributed by atoms with Gasteiger partial charge in [-0.3, -0.25) is 9.59 Å². The molecule has 36 heavy (non-hydrogen) atoms. The number of hydrogen-bond acceptors (Lipinski definition) is 7. The summed E-state index contributed by atoms with van der Waals surface area (Å²) in [6.07, 6.45) is 0.689. The number of hydrogen-bond donors (Lipinski definition) is 2. The summed E-state index contributed by atoms with van der Waals surface area (Å²) in [6, 6.07) is 11.3. The van der Waals surface area contributed by atoms with Crippen LogP contribution in [-0.4, -0.2) is 70.2 Å². The molecule has 9 nitrogen and oxygen atoms in total. The molecular formula is C27H31N2O7+. The van der Waals surface area contributed by atoms with Gasteiger partial charge in [0.15, 0.2) is 34.4 Å². The number of nitrogens with zero attached hydrogens (tertiary/aromatic N) is 1. The molecule has 0 spiro atoms. The number of furan rings is 1. The Labute approximate surface area is 209 Å². The van der Waals surface area contributed by atoms with Crippen LogP contribution in [-0.2, 0) is 4.79 Å². The Hall–Kier alpha value is -3.98. The summed E-state index contributed by atoms with van der Waals surface area (Å²) in [5, 5.41) is 11.6. The molecule has 0 aliphatic carbocycles. The fourth-order valence-electron chi connectivity index (χ4n) is 4.53. The van der Waals surface area contributed by atoms with Crippen LogP contribution in [0.2, 0.25) is 0 Å². The molecule has 1 aliphatic heterocycles. The second-order valence-electron chi connectivity index (χ2n) is 8.91. The maximum atomic E-state index is 13.8. The van der Waals surface area contributed by atoms with Crippen LogP contribution >= 0.6 is 0 Å². The minimum atomic E-state index is -0.822. The SMILES string of the molecule is COc1ccc([C@H]2C(C(=O)c3cc4cccc(OC)c4o3)=C(O)C(=O)N2CCC[NH+](C)C)cc1OC. The van der Waals surface area contributed by atoms with Gasteiger partial charge in [0.1, 0.15) is 0 Å². The van der Waals surface area contributed by atoms with Crippen molar-refractivity contribution < 1.29 is 38.2 Å². The highest BCUT2D eigenvalue weighted by Crippen LogP contribution is 2.42. The number of aliphatic hydroxyl groups is 1. The fraction of sp³-hybridized carbons (Fsp3) is 0.333. The molecule has 9 heteroatoms. The number of carbonyl (C=O) groups excluding carboxylic acids is 2. The van der Waals surface area contributed by atoms with Crippen molar-refractivity contribution >= 4 is 22.7 Å². The van der Waals surface area contributed by atoms with Gasteiger partial charge in [-0.15, -0.1) is 0 Å². The zero-order valence-electron chi connectivity index (χ0n) is 21.1. The zero-order chi connectivity index (χ0) is 26.0. The van der Waals surface area contributed by atoms with Crippen LogP contribution in [0.1, 0.15) is 28.6 Å². The van der Waals surface area contributed by atoms with Crippen molar-refractivity contribution in [3.63, 3.8) is 0 Å². The van der Waals surface area contributed by atoms with Gasteiger partial charge in [-0.2, -0.15) is 0 Å². The minimum absolute atomic E-state index is 0.00825. The molecule has 0 bridgehead atoms. The average molecular weight is 496 g/mol. The number of aliphatic hydroxyl groups excluding tert-OH is 1. The molecule has 1 atom stereocenters. The molecule has 0 fully saturated rings. The van der Waals surface area contributed by atoms with E-state index >= 15 is 0 Å². The summed E-state index contributed by atoms with van der Waals surface area (Å²) >= 11 is 0. The highest BCUT2D eigenvalue weighted by molar-refractivity contribution is 6.16. The lowest BCUT2D eigenvalue weighted by atomic mass is 9.94. The number of nitrogens with one attached hydrogen (secondary N) is 1. The molecule has 3 aromatic rings. The van der Waals surface area contributed by atoms with Crippen molar-refractivity contribution in [2.24, 2.45) is 0 Å². The van der Waals surface area contributed by atoms with E-state index < -0.39 is 23.5 Å². The molecule has 1 aromatic heterocycles. The lowest BCUT2D eigenvalue weighted by Crippen LogP contribution is -3.05. The van der Waals surface area contributed by atoms with Gasteiger partial charge in [0.2, 0.25) is 5.78 Å². The molecule has 2 N–H and O–H groups in total. The minimum Gasteiger partial charge on any atom is -0.503 e. The van der Waals surface area contributed by atoms with E-state index in [1.165, 1.54) is 31.1 Å². The number of quaternary nitrogens is 1. The van der Waals surface area contributed by atoms with Crippen molar-refractivity contribution in [2.45, 2.75) is 12.5 Å². The van der Waals surface area contributed by atoms with E-state index in [2.05, 4.69) is 0 Å². The van der Waals surface area contributed by atoms with E-state index in [-0.39, 0.29) is 11.3 Å². The average Bonchev–Trinajstić information content (AvgIpc) is 3.42. The van der Waals surface area contributed by atoms with Gasteiger partial charge in [0, 0.05) is 18.4 Å². The summed E-state index contributed by atoms with van der Waals surface area (Å²) in [4.78, 5) is 29.7. The van der Waals surface area contributed by atoms with Gasteiger partial charge in [-0.05, 0) is 29.8 Å². The molecule has 2 heterocycles. The maximum Gasteiger partial charge on any atom is 0.290 e. The van der Waals surface area contributed by atoms with Gasteiger partial charge < -0.3 is 33.5 Å². The van der Waals surface area contributed by atoms with E-state index in [0.717, 1.165) is 6.54 Å². The van der Waals surface area contributed by atoms with Crippen molar-refractivity contribution in [2.75, 3.05) is 48.5 Å². The Morgan fingerprint density at radius 1 is 1.03 bits per heavy atom. The lowest BCUT2D eigenvalue weighted by Gasteiger charge is -2.27. The first-order valence-corrected chi connectivity index (χ1v) is 11.7. The predicted molar refractivity (Wildman–Crippen MR) is 133 cm³/mol. The van der Waals surface area contributed by atoms with Gasteiger partial charge in [0.05, 0.1) is 53.6 Å². The number of amides is 1. The van der Waals surface area contributed by atoms with Gasteiger partial charge >= 0.3 is 0 Å². The quantitative estimate of drug-likeness (QED) is 0.417. The number of benzene rings is 2. The number of ketones is 1. The van der Waals surface area contributed by atoms with Crippen LogP contribution in [0.5, 0.6) is 17.2 Å². The number of ether oxygens (including phenoxy) is 3. The molecule has 190 valence electrons. The summed E-state index contributed by atoms with van der Waals surface area (Å²) < 4.78 is 22.0. The largest absolute Gasteiger partial charge is 0.503 e. The number of fused-ring (bicyclic) bond motifs is 1. The summed E-state index contributed by atoms with van der Waals surface area (Å²) in [5.74, 6) is -0.291. The first-order valence-electron chi connectivity index (χ1n) is 11.7. The second kappa shape index (κ2) is 10.3. The molecule has 2 aromatic carbocycles. The topological polar surface area (TPSA) is 103 Å². The number of rotatable bonds is 10. The van der Waals surface area contributed by atoms with Crippen LogP contribution in [0.4, 0.5) is 0 Å². The molecule has 1 amide bonds. The third-order valence-corrected chi connectivity index (χ3v) is 6.30. The van der Waals surface area contributed by atoms with Crippen LogP contribution in [0, 0.1) is 0 Å². The Morgan fingerprint density at radius 2 is 1.75 bits per heavy atom. The van der Waals surface area contributed by atoms with Crippen LogP contribution in [0.15, 0.2) is 58.2 Å². The van der Waals surface area contributed by atoms with Crippen molar-refractivity contribution in [1.29, 1.82) is 0 Å². The Bertz CT molecular complexity index is 1320. The Balaban J connectivity index is 1.80. The van der Waals surface area contributed by atoms with E-state index in [9.17, 15) is 14.7 Å². The third-order valence-electron chi connectivity index (χ3n) is 6.30. The number of para-hydroxylation sites is 1. The fourth-order valence-corrected chi connectivity index (χ4v) is 4.53. The van der Waals surface area contributed by atoms with E-state index in [4.69, 9.17) is 18.6 Å². The molecule has 0 unspecified atom stereocenters. The first-order chi connectivity index (χ1) is 17.3. The van der Waals surface area contributed by atoms with Crippen LogP contribution in [0.25, 0.3) is 11.0 Å². The lowest BCUT2D eigenvalue weighted by molar-refractivity contribution is -0.858. The molecule has 1 aliphatic rings. The van der Waals surface area contributed by atoms with Gasteiger partial charge in [-0.1, -0.05) is 18.2 Å². The predicted octanol–water partition coefficient (Wildman–Crippen LogP) is 2.57.